The summed E-state index contributed by atoms with van der Waals surface area (Å²) in [7, 11) is 0. The summed E-state index contributed by atoms with van der Waals surface area (Å²) in [4.78, 5) is 15.2. The fourth-order valence-corrected chi connectivity index (χ4v) is 18.4. The number of ether oxygens (including phenoxy) is 2. The Morgan fingerprint density at radius 2 is 0.850 bits per heavy atom. The van der Waals surface area contributed by atoms with Gasteiger partial charge in [0.1, 0.15) is 0 Å². The zero-order valence-electron chi connectivity index (χ0n) is 25.9. The quantitative estimate of drug-likeness (QED) is 0.0639. The van der Waals surface area contributed by atoms with Crippen molar-refractivity contribution in [2.24, 2.45) is 0 Å². The molecule has 0 N–H and O–H groups in total. The number of fused-ring (bicyclic) bond motifs is 2. The molecule has 1 aromatic carbocycles. The maximum absolute atomic E-state index is 6.75. The Balaban J connectivity index is 1.88. The van der Waals surface area contributed by atoms with Crippen molar-refractivity contribution in [3.8, 4) is 11.5 Å². The fourth-order valence-electron chi connectivity index (χ4n) is 4.88. The van der Waals surface area contributed by atoms with Crippen LogP contribution >= 0.6 is 54.5 Å². The van der Waals surface area contributed by atoms with E-state index in [0.29, 0.717) is 0 Å². The molecular formula is C32H52Br2O2S2Sn2. The summed E-state index contributed by atoms with van der Waals surface area (Å²) in [5, 5.41) is 4.89. The molecule has 40 heavy (non-hydrogen) atoms. The predicted octanol–water partition coefficient (Wildman–Crippen LogP) is 11.4. The first-order chi connectivity index (χ1) is 19.1. The van der Waals surface area contributed by atoms with Gasteiger partial charge in [0.05, 0.1) is 0 Å². The topological polar surface area (TPSA) is 18.5 Å². The van der Waals surface area contributed by atoms with Gasteiger partial charge in [0.2, 0.25) is 0 Å². The van der Waals surface area contributed by atoms with Crippen molar-refractivity contribution in [1.29, 1.82) is 0 Å². The van der Waals surface area contributed by atoms with Gasteiger partial charge in [-0.25, -0.2) is 0 Å². The Morgan fingerprint density at radius 3 is 1.18 bits per heavy atom. The summed E-state index contributed by atoms with van der Waals surface area (Å²) >= 11 is 6.60. The van der Waals surface area contributed by atoms with Gasteiger partial charge in [-0.15, -0.1) is 0 Å². The second-order valence-electron chi connectivity index (χ2n) is 13.2. The molecular weight excluding hydrogens is 878 g/mol. The molecule has 0 amide bonds. The molecule has 0 atom stereocenters. The van der Waals surface area contributed by atoms with E-state index in [1.807, 2.05) is 22.7 Å². The maximum atomic E-state index is 6.75. The van der Waals surface area contributed by atoms with Crippen LogP contribution in [0.5, 0.6) is 11.5 Å². The minimum atomic E-state index is -2.26. The van der Waals surface area contributed by atoms with Crippen LogP contribution < -0.4 is 15.3 Å². The standard InChI is InChI=1S/C26H34Br2O2S2.6CH3.2Sn/c27-15-9-5-1-3-7-11-17-29-23-21-13-19-32-26(21)24(22-14-20-31-25(22)23)30-18-12-8-4-2-6-10-16-28;;;;;;;;/h13-14H,1-12,15-18H2;6*1H3;;. The number of alkyl halides is 2. The van der Waals surface area contributed by atoms with Crippen LogP contribution in [0.15, 0.2) is 12.1 Å². The molecule has 0 spiro atoms. The molecule has 0 saturated carbocycles. The van der Waals surface area contributed by atoms with Crippen molar-refractivity contribution < 1.29 is 9.47 Å². The zero-order valence-corrected chi connectivity index (χ0v) is 36.4. The first-order valence-electron chi connectivity index (χ1n) is 15.5. The van der Waals surface area contributed by atoms with E-state index in [1.165, 1.54) is 84.4 Å². The third-order valence-electron chi connectivity index (χ3n) is 7.39. The molecule has 3 rings (SSSR count). The number of thiophene rings is 2. The second kappa shape index (κ2) is 17.7. The van der Waals surface area contributed by atoms with Gasteiger partial charge in [0.15, 0.2) is 0 Å². The van der Waals surface area contributed by atoms with Crippen LogP contribution in [0.2, 0.25) is 29.6 Å². The van der Waals surface area contributed by atoms with E-state index in [2.05, 4.69) is 73.6 Å². The first-order valence-corrected chi connectivity index (χ1v) is 39.3. The summed E-state index contributed by atoms with van der Waals surface area (Å²) in [6.07, 6.45) is 15.3. The summed E-state index contributed by atoms with van der Waals surface area (Å²) in [6, 6.07) is 5.00. The Morgan fingerprint density at radius 1 is 0.525 bits per heavy atom. The Labute approximate surface area is 277 Å². The third-order valence-corrected chi connectivity index (χ3v) is 29.6. The number of hydrogen-bond acceptors (Lipinski definition) is 4. The summed E-state index contributed by atoms with van der Waals surface area (Å²) in [5.41, 5.74) is 0. The number of rotatable bonds is 20. The molecule has 0 radical (unpaired) electrons. The van der Waals surface area contributed by atoms with Gasteiger partial charge >= 0.3 is 238 Å². The van der Waals surface area contributed by atoms with E-state index in [4.69, 9.17) is 9.47 Å². The fraction of sp³-hybridized carbons (Fsp3) is 0.688. The molecule has 2 nitrogen and oxygen atoms in total. The average molecular weight is 930 g/mol. The van der Waals surface area contributed by atoms with E-state index in [1.54, 1.807) is 5.79 Å². The Bertz CT molecular complexity index is 1030. The van der Waals surface area contributed by atoms with Gasteiger partial charge in [-0.05, 0) is 0 Å². The summed E-state index contributed by atoms with van der Waals surface area (Å²) < 4.78 is 19.4. The SMILES string of the molecule is [CH3][Sn]([CH3])([CH3])[c]1cc2c(OCCCCCCCCBr)c3s[c]([Sn]([CH3])([CH3])[CH3])cc3c(OCCCCCCCCBr)c2s1. The van der Waals surface area contributed by atoms with Crippen molar-refractivity contribution >= 4 is 117 Å². The van der Waals surface area contributed by atoms with Crippen molar-refractivity contribution in [3.05, 3.63) is 12.1 Å². The molecule has 0 saturated heterocycles. The van der Waals surface area contributed by atoms with Crippen molar-refractivity contribution in [3.63, 3.8) is 0 Å². The van der Waals surface area contributed by atoms with E-state index >= 15 is 0 Å². The van der Waals surface area contributed by atoms with Gasteiger partial charge in [-0.1, -0.05) is 31.9 Å². The average Bonchev–Trinajstić information content (AvgIpc) is 3.53. The van der Waals surface area contributed by atoms with Crippen LogP contribution in [0, 0.1) is 0 Å². The van der Waals surface area contributed by atoms with Gasteiger partial charge in [-0.3, -0.25) is 0 Å². The number of benzene rings is 1. The molecule has 8 heteroatoms. The monoisotopic (exact) mass is 930 g/mol. The Hall–Kier alpha value is 1.30. The predicted molar refractivity (Wildman–Crippen MR) is 197 cm³/mol. The van der Waals surface area contributed by atoms with Gasteiger partial charge in [0, 0.05) is 10.7 Å². The van der Waals surface area contributed by atoms with E-state index in [9.17, 15) is 0 Å². The molecule has 0 aliphatic carbocycles. The normalized spacial score (nSPS) is 12.6. The van der Waals surface area contributed by atoms with Crippen molar-refractivity contribution in [2.45, 2.75) is 107 Å². The minimum absolute atomic E-state index is 0.813. The molecule has 0 aliphatic rings. The van der Waals surface area contributed by atoms with E-state index < -0.39 is 36.8 Å². The van der Waals surface area contributed by atoms with Crippen molar-refractivity contribution in [1.82, 2.24) is 0 Å². The van der Waals surface area contributed by atoms with E-state index in [-0.39, 0.29) is 0 Å². The van der Waals surface area contributed by atoms with Gasteiger partial charge in [0.25, 0.3) is 0 Å². The molecule has 2 aromatic heterocycles. The zero-order chi connectivity index (χ0) is 29.2. The number of hydrogen-bond donors (Lipinski definition) is 0. The van der Waals surface area contributed by atoms with Crippen LogP contribution in [-0.2, 0) is 0 Å². The molecule has 0 unspecified atom stereocenters. The number of unbranched alkanes of at least 4 members (excludes halogenated alkanes) is 10. The van der Waals surface area contributed by atoms with Crippen molar-refractivity contribution in [2.75, 3.05) is 23.9 Å². The van der Waals surface area contributed by atoms with Gasteiger partial charge < -0.3 is 0 Å². The molecule has 2 heterocycles. The number of halogens is 2. The van der Waals surface area contributed by atoms with Crippen LogP contribution in [0.3, 0.4) is 0 Å². The van der Waals surface area contributed by atoms with Crippen LogP contribution in [-0.4, -0.2) is 60.6 Å². The molecule has 226 valence electrons. The van der Waals surface area contributed by atoms with Crippen LogP contribution in [0.25, 0.3) is 20.2 Å². The Kier molecular flexibility index (Phi) is 15.8. The van der Waals surface area contributed by atoms with Crippen LogP contribution in [0.4, 0.5) is 0 Å². The molecule has 0 bridgehead atoms. The molecule has 3 aromatic rings. The van der Waals surface area contributed by atoms with E-state index in [0.717, 1.165) is 48.2 Å². The molecule has 0 fully saturated rings. The third kappa shape index (κ3) is 10.7. The second-order valence-corrected chi connectivity index (χ2v) is 47.7. The molecule has 0 aliphatic heterocycles. The first kappa shape index (κ1) is 35.8. The van der Waals surface area contributed by atoms with Gasteiger partial charge in [-0.2, -0.15) is 0 Å². The van der Waals surface area contributed by atoms with Crippen LogP contribution in [0.1, 0.15) is 77.0 Å². The summed E-state index contributed by atoms with van der Waals surface area (Å²) in [6.45, 7) is 1.63. The summed E-state index contributed by atoms with van der Waals surface area (Å²) in [5.74, 6) is 2.29.